The van der Waals surface area contributed by atoms with Crippen molar-refractivity contribution in [3.63, 3.8) is 0 Å². The zero-order chi connectivity index (χ0) is 23.1. The largest absolute Gasteiger partial charge is 0.469 e. The second kappa shape index (κ2) is 7.18. The Kier molecular flexibility index (Phi) is 4.98. The molecule has 7 heteroatoms. The first-order valence-corrected chi connectivity index (χ1v) is 12.2. The maximum atomic E-state index is 12.7. The van der Waals surface area contributed by atoms with Gasteiger partial charge in [-0.05, 0) is 62.2 Å². The molecule has 1 aliphatic heterocycles. The molecule has 10 atom stereocenters. The first-order chi connectivity index (χ1) is 15.1. The van der Waals surface area contributed by atoms with Crippen molar-refractivity contribution < 1.29 is 33.3 Å². The zero-order valence-corrected chi connectivity index (χ0v) is 19.8. The van der Waals surface area contributed by atoms with E-state index in [0.29, 0.717) is 18.8 Å². The fourth-order valence-electron chi connectivity index (χ4n) is 8.89. The monoisotopic (exact) mass is 448 g/mol. The van der Waals surface area contributed by atoms with E-state index in [1.165, 1.54) is 21.0 Å². The Labute approximate surface area is 189 Å². The molecular weight excluding hydrogens is 412 g/mol. The van der Waals surface area contributed by atoms with Gasteiger partial charge in [0.1, 0.15) is 17.8 Å². The van der Waals surface area contributed by atoms with Crippen LogP contribution in [0.25, 0.3) is 0 Å². The molecule has 5 fully saturated rings. The summed E-state index contributed by atoms with van der Waals surface area (Å²) in [5.41, 5.74) is -0.742. The van der Waals surface area contributed by atoms with Crippen LogP contribution in [0.4, 0.5) is 0 Å². The van der Waals surface area contributed by atoms with Crippen LogP contribution in [-0.4, -0.2) is 48.9 Å². The molecule has 0 aromatic rings. The van der Waals surface area contributed by atoms with Gasteiger partial charge in [0.05, 0.1) is 19.1 Å². The number of epoxide rings is 1. The summed E-state index contributed by atoms with van der Waals surface area (Å²) < 4.78 is 23.3. The van der Waals surface area contributed by atoms with E-state index in [-0.39, 0.29) is 65.0 Å². The Balaban J connectivity index is 1.50. The van der Waals surface area contributed by atoms with Crippen molar-refractivity contribution in [2.45, 2.75) is 96.6 Å². The number of fused-ring (bicyclic) bond motifs is 3. The highest BCUT2D eigenvalue weighted by Crippen LogP contribution is 2.76. The second-order valence-electron chi connectivity index (χ2n) is 11.4. The molecule has 178 valence electrons. The van der Waals surface area contributed by atoms with Crippen LogP contribution < -0.4 is 0 Å². The fourth-order valence-corrected chi connectivity index (χ4v) is 8.89. The van der Waals surface area contributed by atoms with Crippen LogP contribution in [0.3, 0.4) is 0 Å². The lowest BCUT2D eigenvalue weighted by atomic mass is 9.43. The van der Waals surface area contributed by atoms with E-state index in [0.717, 1.165) is 32.1 Å². The van der Waals surface area contributed by atoms with E-state index >= 15 is 0 Å². The number of ether oxygens (including phenoxy) is 4. The number of hydrogen-bond acceptors (Lipinski definition) is 7. The lowest BCUT2D eigenvalue weighted by molar-refractivity contribution is -0.211. The average Bonchev–Trinajstić information content (AvgIpc) is 3.38. The topological polar surface area (TPSA) is 91.4 Å². The molecule has 1 saturated heterocycles. The van der Waals surface area contributed by atoms with Gasteiger partial charge in [0.15, 0.2) is 0 Å². The minimum absolute atomic E-state index is 0.0182. The van der Waals surface area contributed by atoms with Crippen molar-refractivity contribution in [1.82, 2.24) is 0 Å². The molecule has 4 aliphatic carbocycles. The summed E-state index contributed by atoms with van der Waals surface area (Å²) >= 11 is 0. The maximum Gasteiger partial charge on any atom is 0.309 e. The lowest BCUT2D eigenvalue weighted by Crippen LogP contribution is -2.64. The van der Waals surface area contributed by atoms with Gasteiger partial charge in [0.25, 0.3) is 0 Å². The van der Waals surface area contributed by atoms with Gasteiger partial charge in [0, 0.05) is 25.2 Å². The molecule has 0 bridgehead atoms. The first kappa shape index (κ1) is 22.2. The van der Waals surface area contributed by atoms with Crippen molar-refractivity contribution in [1.29, 1.82) is 0 Å². The molecule has 0 amide bonds. The average molecular weight is 449 g/mol. The van der Waals surface area contributed by atoms with Crippen LogP contribution in [0.15, 0.2) is 0 Å². The van der Waals surface area contributed by atoms with Gasteiger partial charge < -0.3 is 18.9 Å². The number of carbonyl (C=O) groups excluding carboxylic acids is 3. The molecule has 1 spiro atoms. The fraction of sp³-hybridized carbons (Fsp3) is 0.880. The van der Waals surface area contributed by atoms with Crippen LogP contribution in [0.5, 0.6) is 0 Å². The summed E-state index contributed by atoms with van der Waals surface area (Å²) in [6.07, 6.45) is 5.78. The Hall–Kier alpha value is -1.63. The highest BCUT2D eigenvalue weighted by molar-refractivity contribution is 5.75. The Morgan fingerprint density at radius 3 is 2.34 bits per heavy atom. The van der Waals surface area contributed by atoms with Crippen LogP contribution in [-0.2, 0) is 33.3 Å². The number of carbonyl (C=O) groups is 3. The highest BCUT2D eigenvalue weighted by Gasteiger charge is 2.83. The van der Waals surface area contributed by atoms with Crippen molar-refractivity contribution in [3.8, 4) is 0 Å². The van der Waals surface area contributed by atoms with Gasteiger partial charge in [-0.3, -0.25) is 14.4 Å². The predicted octanol–water partition coefficient (Wildman–Crippen LogP) is 3.42. The van der Waals surface area contributed by atoms with Gasteiger partial charge in [-0.1, -0.05) is 13.8 Å². The molecule has 4 saturated carbocycles. The SMILES string of the molecule is COC(=O)[C@H]1C[C@@H]2O[C@@]23[C@@H]2CC[C@@H]4C[C@H](OC(C)=O)CC[C@]4(C)[C@H]2[C@H](OC(C)=O)C[C@]13C. The van der Waals surface area contributed by atoms with E-state index in [2.05, 4.69) is 13.8 Å². The van der Waals surface area contributed by atoms with E-state index in [9.17, 15) is 14.4 Å². The van der Waals surface area contributed by atoms with E-state index in [4.69, 9.17) is 18.9 Å². The van der Waals surface area contributed by atoms with Crippen molar-refractivity contribution >= 4 is 17.9 Å². The van der Waals surface area contributed by atoms with Crippen molar-refractivity contribution in [2.75, 3.05) is 7.11 Å². The standard InChI is InChI=1S/C25H36O7/c1-13(26)30-16-8-9-23(3)15(10-16)6-7-17-21(23)19(31-14(2)27)12-24(4)18(22(28)29-5)11-20-25(17,24)32-20/h15-21H,6-12H2,1-5H3/t15-,16-,17-,18-,19-,20+,21-,23+,24-,25+/m1/s1. The molecule has 5 rings (SSSR count). The molecule has 0 unspecified atom stereocenters. The third kappa shape index (κ3) is 2.85. The minimum Gasteiger partial charge on any atom is -0.469 e. The van der Waals surface area contributed by atoms with E-state index in [1.54, 1.807) is 0 Å². The molecule has 5 aliphatic rings. The maximum absolute atomic E-state index is 12.7. The summed E-state index contributed by atoms with van der Waals surface area (Å²) in [6.45, 7) is 7.45. The molecule has 32 heavy (non-hydrogen) atoms. The molecule has 0 radical (unpaired) electrons. The smallest absolute Gasteiger partial charge is 0.309 e. The quantitative estimate of drug-likeness (QED) is 0.371. The number of hydrogen-bond donors (Lipinski definition) is 0. The Bertz CT molecular complexity index is 840. The van der Waals surface area contributed by atoms with Gasteiger partial charge in [-0.15, -0.1) is 0 Å². The molecule has 1 heterocycles. The minimum atomic E-state index is -0.399. The van der Waals surface area contributed by atoms with Crippen LogP contribution in [0.2, 0.25) is 0 Å². The number of esters is 3. The van der Waals surface area contributed by atoms with Crippen LogP contribution >= 0.6 is 0 Å². The summed E-state index contributed by atoms with van der Waals surface area (Å²) in [4.78, 5) is 36.4. The van der Waals surface area contributed by atoms with Gasteiger partial charge in [-0.25, -0.2) is 0 Å². The highest BCUT2D eigenvalue weighted by atomic mass is 16.6. The summed E-state index contributed by atoms with van der Waals surface area (Å²) in [7, 11) is 1.45. The molecule has 0 N–H and O–H groups in total. The van der Waals surface area contributed by atoms with E-state index < -0.39 is 5.41 Å². The number of methoxy groups -OCH3 is 1. The number of rotatable bonds is 3. The van der Waals surface area contributed by atoms with Gasteiger partial charge in [-0.2, -0.15) is 0 Å². The summed E-state index contributed by atoms with van der Waals surface area (Å²) in [6, 6.07) is 0. The summed E-state index contributed by atoms with van der Waals surface area (Å²) in [5.74, 6) is -0.0507. The lowest BCUT2D eigenvalue weighted by Gasteiger charge is -2.62. The van der Waals surface area contributed by atoms with E-state index in [1.807, 2.05) is 0 Å². The van der Waals surface area contributed by atoms with Crippen molar-refractivity contribution in [3.05, 3.63) is 0 Å². The summed E-state index contributed by atoms with van der Waals surface area (Å²) in [5, 5.41) is 0. The van der Waals surface area contributed by atoms with Crippen molar-refractivity contribution in [2.24, 2.45) is 34.5 Å². The van der Waals surface area contributed by atoms with Crippen LogP contribution in [0, 0.1) is 34.5 Å². The second-order valence-corrected chi connectivity index (χ2v) is 11.4. The normalized spacial score (nSPS) is 50.7. The molecule has 0 aromatic heterocycles. The zero-order valence-electron chi connectivity index (χ0n) is 19.8. The Morgan fingerprint density at radius 1 is 0.969 bits per heavy atom. The third-order valence-corrected chi connectivity index (χ3v) is 10.1. The Morgan fingerprint density at radius 2 is 1.69 bits per heavy atom. The third-order valence-electron chi connectivity index (χ3n) is 10.1. The van der Waals surface area contributed by atoms with Gasteiger partial charge >= 0.3 is 17.9 Å². The van der Waals surface area contributed by atoms with Crippen LogP contribution in [0.1, 0.15) is 72.6 Å². The molecule has 7 nitrogen and oxygen atoms in total. The van der Waals surface area contributed by atoms with Gasteiger partial charge in [0.2, 0.25) is 0 Å². The molecular formula is C25H36O7. The molecule has 0 aromatic carbocycles. The predicted molar refractivity (Wildman–Crippen MR) is 113 cm³/mol. The first-order valence-electron chi connectivity index (χ1n) is 12.2.